The molecule has 0 fully saturated rings. The third kappa shape index (κ3) is 4.24. The summed E-state index contributed by atoms with van der Waals surface area (Å²) in [6.07, 6.45) is 5.35. The molecule has 0 aliphatic rings. The van der Waals surface area contributed by atoms with Gasteiger partial charge in [-0.05, 0) is 25.5 Å². The van der Waals surface area contributed by atoms with Gasteiger partial charge in [0.15, 0.2) is 0 Å². The molecule has 0 aliphatic heterocycles. The molecule has 0 bridgehead atoms. The Kier molecular flexibility index (Phi) is 5.29. The second-order valence-corrected chi connectivity index (χ2v) is 4.33. The minimum Gasteiger partial charge on any atom is -0.480 e. The maximum atomic E-state index is 12.0. The first kappa shape index (κ1) is 14.9. The number of rotatable bonds is 6. The predicted molar refractivity (Wildman–Crippen MR) is 71.3 cm³/mol. The Balaban J connectivity index is 2.79. The lowest BCUT2D eigenvalue weighted by Gasteiger charge is -2.25. The molecule has 6 heteroatoms. The number of amides is 1. The Morgan fingerprint density at radius 3 is 2.74 bits per heavy atom. The zero-order chi connectivity index (χ0) is 14.4. The second-order valence-electron chi connectivity index (χ2n) is 4.33. The molecule has 19 heavy (non-hydrogen) atoms. The van der Waals surface area contributed by atoms with Gasteiger partial charge in [0.25, 0.3) is 0 Å². The summed E-state index contributed by atoms with van der Waals surface area (Å²) in [7, 11) is 1.77. The van der Waals surface area contributed by atoms with Crippen molar-refractivity contribution in [3.05, 3.63) is 24.0 Å². The molecule has 0 saturated carbocycles. The Labute approximate surface area is 112 Å². The van der Waals surface area contributed by atoms with Crippen LogP contribution in [0.3, 0.4) is 0 Å². The maximum Gasteiger partial charge on any atom is 0.323 e. The smallest absolute Gasteiger partial charge is 0.323 e. The summed E-state index contributed by atoms with van der Waals surface area (Å²) in [5.74, 6) is -1.32. The molecule has 0 aliphatic carbocycles. The minimum atomic E-state index is -1.01. The molecule has 1 N–H and O–H groups in total. The molecule has 0 spiro atoms. The first-order valence-corrected chi connectivity index (χ1v) is 6.14. The summed E-state index contributed by atoms with van der Waals surface area (Å²) >= 11 is 0. The average Bonchev–Trinajstić information content (AvgIpc) is 2.77. The van der Waals surface area contributed by atoms with Crippen molar-refractivity contribution in [1.82, 2.24) is 14.7 Å². The van der Waals surface area contributed by atoms with Crippen LogP contribution in [0.4, 0.5) is 0 Å². The minimum absolute atomic E-state index is 0.111. The Hall–Kier alpha value is -2.11. The van der Waals surface area contributed by atoms with Crippen LogP contribution in [0.2, 0.25) is 0 Å². The fourth-order valence-corrected chi connectivity index (χ4v) is 1.62. The van der Waals surface area contributed by atoms with Crippen LogP contribution in [0, 0.1) is 0 Å². The van der Waals surface area contributed by atoms with E-state index < -0.39 is 5.97 Å². The highest BCUT2D eigenvalue weighted by Crippen LogP contribution is 2.06. The predicted octanol–water partition coefficient (Wildman–Crippen LogP) is 1.14. The third-order valence-electron chi connectivity index (χ3n) is 2.97. The van der Waals surface area contributed by atoms with Crippen molar-refractivity contribution in [2.45, 2.75) is 26.3 Å². The summed E-state index contributed by atoms with van der Waals surface area (Å²) in [5, 5.41) is 12.8. The molecule has 1 atom stereocenters. The zero-order valence-corrected chi connectivity index (χ0v) is 11.4. The first-order valence-electron chi connectivity index (χ1n) is 6.14. The highest BCUT2D eigenvalue weighted by Gasteiger charge is 2.19. The number of hydrogen-bond acceptors (Lipinski definition) is 3. The number of carboxylic acids is 1. The van der Waals surface area contributed by atoms with Gasteiger partial charge in [-0.25, -0.2) is 0 Å². The van der Waals surface area contributed by atoms with E-state index in [2.05, 4.69) is 5.10 Å². The number of aromatic nitrogens is 2. The van der Waals surface area contributed by atoms with Crippen molar-refractivity contribution in [3.8, 4) is 0 Å². The van der Waals surface area contributed by atoms with Gasteiger partial charge in [0, 0.05) is 25.4 Å². The Morgan fingerprint density at radius 1 is 1.58 bits per heavy atom. The molecule has 0 radical (unpaired) electrons. The van der Waals surface area contributed by atoms with Gasteiger partial charge >= 0.3 is 5.97 Å². The molecule has 1 aromatic heterocycles. The highest BCUT2D eigenvalue weighted by molar-refractivity contribution is 5.93. The van der Waals surface area contributed by atoms with Crippen LogP contribution in [-0.4, -0.2) is 44.3 Å². The van der Waals surface area contributed by atoms with Gasteiger partial charge < -0.3 is 10.0 Å². The maximum absolute atomic E-state index is 12.0. The number of aryl methyl sites for hydroxylation is 1. The van der Waals surface area contributed by atoms with Gasteiger partial charge in [-0.2, -0.15) is 5.10 Å². The monoisotopic (exact) mass is 265 g/mol. The van der Waals surface area contributed by atoms with Crippen molar-refractivity contribution < 1.29 is 14.7 Å². The van der Waals surface area contributed by atoms with Gasteiger partial charge in [0.2, 0.25) is 5.91 Å². The number of carboxylic acid groups (broad SMARTS) is 1. The van der Waals surface area contributed by atoms with Crippen LogP contribution in [0.15, 0.2) is 18.3 Å². The topological polar surface area (TPSA) is 75.4 Å². The van der Waals surface area contributed by atoms with E-state index in [1.54, 1.807) is 30.1 Å². The SMILES string of the molecule is CCC(C)N(CC(=O)O)C(=O)/C=C/c1ccnn1C. The van der Waals surface area contributed by atoms with E-state index in [9.17, 15) is 9.59 Å². The molecule has 1 aromatic rings. The molecule has 1 rings (SSSR count). The van der Waals surface area contributed by atoms with Crippen LogP contribution in [-0.2, 0) is 16.6 Å². The highest BCUT2D eigenvalue weighted by atomic mass is 16.4. The molecule has 6 nitrogen and oxygen atoms in total. The Morgan fingerprint density at radius 2 is 2.26 bits per heavy atom. The zero-order valence-electron chi connectivity index (χ0n) is 11.4. The quantitative estimate of drug-likeness (QED) is 0.783. The molecular weight excluding hydrogens is 246 g/mol. The molecule has 1 amide bonds. The first-order chi connectivity index (χ1) is 8.95. The summed E-state index contributed by atoms with van der Waals surface area (Å²) in [6, 6.07) is 1.66. The largest absolute Gasteiger partial charge is 0.480 e. The fourth-order valence-electron chi connectivity index (χ4n) is 1.62. The standard InChI is InChI=1S/C13H19N3O3/c1-4-10(2)16(9-13(18)19)12(17)6-5-11-7-8-14-15(11)3/h5-8,10H,4,9H2,1-3H3,(H,18,19)/b6-5+. The van der Waals surface area contributed by atoms with E-state index in [1.165, 1.54) is 11.0 Å². The van der Waals surface area contributed by atoms with Crippen LogP contribution >= 0.6 is 0 Å². The lowest BCUT2D eigenvalue weighted by atomic mass is 10.2. The van der Waals surface area contributed by atoms with Gasteiger partial charge in [-0.15, -0.1) is 0 Å². The number of aliphatic carboxylic acids is 1. The molecular formula is C13H19N3O3. The normalized spacial score (nSPS) is 12.6. The summed E-state index contributed by atoms with van der Waals surface area (Å²) < 4.78 is 1.63. The van der Waals surface area contributed by atoms with E-state index in [1.807, 2.05) is 13.8 Å². The van der Waals surface area contributed by atoms with Gasteiger partial charge in [0.1, 0.15) is 6.54 Å². The number of hydrogen-bond donors (Lipinski definition) is 1. The molecule has 1 unspecified atom stereocenters. The summed E-state index contributed by atoms with van der Waals surface area (Å²) in [4.78, 5) is 24.2. The molecule has 0 aromatic carbocycles. The van der Waals surface area contributed by atoms with E-state index in [0.29, 0.717) is 6.42 Å². The lowest BCUT2D eigenvalue weighted by molar-refractivity contribution is -0.144. The number of carbonyl (C=O) groups is 2. The lowest BCUT2D eigenvalue weighted by Crippen LogP contribution is -2.40. The second kappa shape index (κ2) is 6.72. The van der Waals surface area contributed by atoms with Crippen molar-refractivity contribution in [3.63, 3.8) is 0 Å². The number of nitrogens with zero attached hydrogens (tertiary/aromatic N) is 3. The van der Waals surface area contributed by atoms with Gasteiger partial charge in [-0.1, -0.05) is 6.92 Å². The van der Waals surface area contributed by atoms with Crippen LogP contribution in [0.1, 0.15) is 26.0 Å². The Bertz CT molecular complexity index is 479. The summed E-state index contributed by atoms with van der Waals surface area (Å²) in [6.45, 7) is 3.46. The van der Waals surface area contributed by atoms with Crippen LogP contribution in [0.25, 0.3) is 6.08 Å². The van der Waals surface area contributed by atoms with E-state index in [4.69, 9.17) is 5.11 Å². The summed E-state index contributed by atoms with van der Waals surface area (Å²) in [5.41, 5.74) is 0.785. The van der Waals surface area contributed by atoms with E-state index in [-0.39, 0.29) is 18.5 Å². The fraction of sp³-hybridized carbons (Fsp3) is 0.462. The van der Waals surface area contributed by atoms with Crippen molar-refractivity contribution in [1.29, 1.82) is 0 Å². The average molecular weight is 265 g/mol. The third-order valence-corrected chi connectivity index (χ3v) is 2.97. The molecule has 1 heterocycles. The molecule has 0 saturated heterocycles. The van der Waals surface area contributed by atoms with Crippen molar-refractivity contribution in [2.75, 3.05) is 6.54 Å². The van der Waals surface area contributed by atoms with Crippen LogP contribution in [0.5, 0.6) is 0 Å². The van der Waals surface area contributed by atoms with Crippen molar-refractivity contribution in [2.24, 2.45) is 7.05 Å². The molecule has 104 valence electrons. The van der Waals surface area contributed by atoms with E-state index in [0.717, 1.165) is 5.69 Å². The van der Waals surface area contributed by atoms with Gasteiger partial charge in [0.05, 0.1) is 5.69 Å². The van der Waals surface area contributed by atoms with Crippen LogP contribution < -0.4 is 0 Å². The van der Waals surface area contributed by atoms with Crippen molar-refractivity contribution >= 4 is 18.0 Å². The van der Waals surface area contributed by atoms with Gasteiger partial charge in [-0.3, -0.25) is 14.3 Å². The number of carbonyl (C=O) groups excluding carboxylic acids is 1. The van der Waals surface area contributed by atoms with E-state index >= 15 is 0 Å².